The van der Waals surface area contributed by atoms with Crippen LogP contribution in [0, 0.1) is 10.1 Å². The van der Waals surface area contributed by atoms with Gasteiger partial charge in [0.25, 0.3) is 6.20 Å². The molecule has 0 amide bonds. The minimum atomic E-state index is -0.530. The van der Waals surface area contributed by atoms with Gasteiger partial charge in [0.1, 0.15) is 16.5 Å². The van der Waals surface area contributed by atoms with E-state index < -0.39 is 4.92 Å². The van der Waals surface area contributed by atoms with E-state index in [1.54, 1.807) is 11.8 Å². The van der Waals surface area contributed by atoms with Crippen LogP contribution in [0.5, 0.6) is 0 Å². The first kappa shape index (κ1) is 16.9. The number of rotatable bonds is 9. The molecule has 0 saturated carbocycles. The lowest BCUT2D eigenvalue weighted by Gasteiger charge is -2.06. The van der Waals surface area contributed by atoms with E-state index in [0.29, 0.717) is 6.54 Å². The Bertz CT molecular complexity index is 461. The predicted molar refractivity (Wildman–Crippen MR) is 84.3 cm³/mol. The van der Waals surface area contributed by atoms with E-state index in [0.717, 1.165) is 35.8 Å². The second kappa shape index (κ2) is 8.93. The van der Waals surface area contributed by atoms with Crippen molar-refractivity contribution in [2.24, 2.45) is 0 Å². The fraction of sp³-hybridized carbons (Fsp3) is 0.500. The molecule has 1 aromatic rings. The van der Waals surface area contributed by atoms with Gasteiger partial charge in [-0.3, -0.25) is 10.1 Å². The summed E-state index contributed by atoms with van der Waals surface area (Å²) in [6.45, 7) is 1.42. The van der Waals surface area contributed by atoms with Crippen LogP contribution < -0.4 is 5.32 Å². The molecular weight excluding hydrogens is 298 g/mol. The molecule has 1 N–H and O–H groups in total. The highest BCUT2D eigenvalue weighted by Gasteiger charge is 2.03. The zero-order valence-corrected chi connectivity index (χ0v) is 13.2. The summed E-state index contributed by atoms with van der Waals surface area (Å²) in [5.41, 5.74) is 0. The smallest absolute Gasteiger partial charge is 0.263 e. The fourth-order valence-corrected chi connectivity index (χ4v) is 2.42. The van der Waals surface area contributed by atoms with Gasteiger partial charge < -0.3 is 14.6 Å². The summed E-state index contributed by atoms with van der Waals surface area (Å²) in [6.07, 6.45) is 0.841. The van der Waals surface area contributed by atoms with E-state index in [1.165, 1.54) is 0 Å². The number of nitrogens with zero attached hydrogens (tertiary/aromatic N) is 2. The van der Waals surface area contributed by atoms with Gasteiger partial charge in [0, 0.05) is 12.3 Å². The van der Waals surface area contributed by atoms with Gasteiger partial charge in [0.15, 0.2) is 0 Å². The van der Waals surface area contributed by atoms with E-state index in [-0.39, 0.29) is 5.03 Å². The van der Waals surface area contributed by atoms with Crippen LogP contribution >= 0.6 is 24.4 Å². The van der Waals surface area contributed by atoms with Crippen LogP contribution in [0.3, 0.4) is 0 Å². The molecule has 0 fully saturated rings. The van der Waals surface area contributed by atoms with Crippen LogP contribution in [0.1, 0.15) is 11.5 Å². The van der Waals surface area contributed by atoms with Gasteiger partial charge >= 0.3 is 0 Å². The van der Waals surface area contributed by atoms with E-state index >= 15 is 0 Å². The summed E-state index contributed by atoms with van der Waals surface area (Å²) in [7, 11) is 3.99. The predicted octanol–water partition coefficient (Wildman–Crippen LogP) is 2.17. The third-order valence-corrected chi connectivity index (χ3v) is 3.47. The first-order chi connectivity index (χ1) is 9.47. The van der Waals surface area contributed by atoms with Gasteiger partial charge in [-0.15, -0.1) is 12.6 Å². The standard InChI is InChI=1S/C12H19N3O3S2/c1-14(2)7-10-3-4-11(18-10)9-20-6-5-13-12(19)8-15(16)17/h3-4,8,13,19H,5-7,9H2,1-2H3/b12-8-. The molecule has 0 bridgehead atoms. The van der Waals surface area contributed by atoms with Crippen molar-refractivity contribution in [1.29, 1.82) is 0 Å². The van der Waals surface area contributed by atoms with E-state index in [4.69, 9.17) is 4.42 Å². The maximum atomic E-state index is 10.2. The zero-order valence-electron chi connectivity index (χ0n) is 11.5. The Morgan fingerprint density at radius 1 is 1.55 bits per heavy atom. The average Bonchev–Trinajstić information content (AvgIpc) is 2.74. The molecule has 1 rings (SSSR count). The van der Waals surface area contributed by atoms with E-state index in [2.05, 4.69) is 22.8 Å². The molecule has 20 heavy (non-hydrogen) atoms. The third kappa shape index (κ3) is 7.46. The summed E-state index contributed by atoms with van der Waals surface area (Å²) >= 11 is 5.65. The van der Waals surface area contributed by atoms with Gasteiger partial charge in [0.05, 0.1) is 17.2 Å². The maximum Gasteiger partial charge on any atom is 0.263 e. The van der Waals surface area contributed by atoms with Gasteiger partial charge in [0.2, 0.25) is 0 Å². The molecule has 1 aromatic heterocycles. The number of thioether (sulfide) groups is 1. The minimum Gasteiger partial charge on any atom is -0.464 e. The van der Waals surface area contributed by atoms with Gasteiger partial charge in [-0.2, -0.15) is 11.8 Å². The normalized spacial score (nSPS) is 11.9. The number of nitro groups is 1. The van der Waals surface area contributed by atoms with Crippen LogP contribution in [-0.4, -0.2) is 36.2 Å². The number of furan rings is 1. The summed E-state index contributed by atoms with van der Waals surface area (Å²) in [5.74, 6) is 3.50. The molecule has 112 valence electrons. The molecule has 0 saturated heterocycles. The van der Waals surface area contributed by atoms with Crippen LogP contribution in [0.25, 0.3) is 0 Å². The van der Waals surface area contributed by atoms with Gasteiger partial charge in [-0.25, -0.2) is 0 Å². The maximum absolute atomic E-state index is 10.2. The minimum absolute atomic E-state index is 0.266. The molecule has 0 radical (unpaired) electrons. The Labute approximate surface area is 128 Å². The molecular formula is C12H19N3O3S2. The Morgan fingerprint density at radius 3 is 2.90 bits per heavy atom. The first-order valence-corrected chi connectivity index (χ1v) is 7.66. The Hall–Kier alpha value is -1.12. The number of hydrogen-bond acceptors (Lipinski definition) is 7. The highest BCUT2D eigenvalue weighted by molar-refractivity contribution is 7.98. The molecule has 0 aliphatic rings. The summed E-state index contributed by atoms with van der Waals surface area (Å²) in [6, 6.07) is 3.97. The van der Waals surface area contributed by atoms with Gasteiger partial charge in [-0.05, 0) is 26.2 Å². The monoisotopic (exact) mass is 317 g/mol. The van der Waals surface area contributed by atoms with Crippen molar-refractivity contribution in [2.75, 3.05) is 26.4 Å². The molecule has 0 spiro atoms. The van der Waals surface area contributed by atoms with Crippen molar-refractivity contribution in [3.63, 3.8) is 0 Å². The molecule has 0 aliphatic heterocycles. The highest BCUT2D eigenvalue weighted by Crippen LogP contribution is 2.16. The first-order valence-electron chi connectivity index (χ1n) is 6.05. The van der Waals surface area contributed by atoms with Crippen molar-refractivity contribution in [3.05, 3.63) is 45.0 Å². The third-order valence-electron chi connectivity index (χ3n) is 2.21. The summed E-state index contributed by atoms with van der Waals surface area (Å²) in [5, 5.41) is 13.3. The van der Waals surface area contributed by atoms with Crippen molar-refractivity contribution in [1.82, 2.24) is 10.2 Å². The van der Waals surface area contributed by atoms with Gasteiger partial charge in [-0.1, -0.05) is 0 Å². The van der Waals surface area contributed by atoms with Crippen LogP contribution in [0.4, 0.5) is 0 Å². The van der Waals surface area contributed by atoms with Crippen LogP contribution in [-0.2, 0) is 12.3 Å². The highest BCUT2D eigenvalue weighted by atomic mass is 32.2. The lowest BCUT2D eigenvalue weighted by atomic mass is 10.4. The summed E-state index contributed by atoms with van der Waals surface area (Å²) < 4.78 is 5.68. The average molecular weight is 317 g/mol. The number of thiol groups is 1. The van der Waals surface area contributed by atoms with Crippen molar-refractivity contribution in [2.45, 2.75) is 12.3 Å². The van der Waals surface area contributed by atoms with Crippen LogP contribution in [0.15, 0.2) is 27.8 Å². The second-order valence-corrected chi connectivity index (χ2v) is 5.97. The topological polar surface area (TPSA) is 71.5 Å². The molecule has 6 nitrogen and oxygen atoms in total. The van der Waals surface area contributed by atoms with E-state index in [1.807, 2.05) is 26.2 Å². The van der Waals surface area contributed by atoms with Crippen molar-refractivity contribution < 1.29 is 9.34 Å². The fourth-order valence-electron chi connectivity index (χ4n) is 1.47. The molecule has 0 aliphatic carbocycles. The second-order valence-electron chi connectivity index (χ2n) is 4.38. The van der Waals surface area contributed by atoms with Crippen LogP contribution in [0.2, 0.25) is 0 Å². The van der Waals surface area contributed by atoms with Crippen molar-refractivity contribution >= 4 is 24.4 Å². The zero-order chi connectivity index (χ0) is 15.0. The summed E-state index contributed by atoms with van der Waals surface area (Å²) in [4.78, 5) is 11.7. The SMILES string of the molecule is CN(C)Cc1ccc(CSCCN/C(S)=C/[N+](=O)[O-])o1. The molecule has 8 heteroatoms. The Kier molecular flexibility index (Phi) is 7.56. The van der Waals surface area contributed by atoms with E-state index in [9.17, 15) is 10.1 Å². The molecule has 1 heterocycles. The number of hydrogen-bond donors (Lipinski definition) is 2. The molecule has 0 aromatic carbocycles. The lowest BCUT2D eigenvalue weighted by molar-refractivity contribution is -0.403. The number of nitrogens with one attached hydrogen (secondary N) is 1. The Balaban J connectivity index is 2.18. The largest absolute Gasteiger partial charge is 0.464 e. The molecule has 0 atom stereocenters. The Morgan fingerprint density at radius 2 is 2.25 bits per heavy atom. The molecule has 0 unspecified atom stereocenters. The lowest BCUT2D eigenvalue weighted by Crippen LogP contribution is -2.14. The quantitative estimate of drug-likeness (QED) is 0.315. The van der Waals surface area contributed by atoms with Crippen molar-refractivity contribution in [3.8, 4) is 0 Å².